The quantitative estimate of drug-likeness (QED) is 0.304. The highest BCUT2D eigenvalue weighted by Crippen LogP contribution is 2.41. The monoisotopic (exact) mass is 366 g/mol. The molecular weight excluding hydrogens is 324 g/mol. The summed E-state index contributed by atoms with van der Waals surface area (Å²) in [7, 11) is 0. The van der Waals surface area contributed by atoms with Crippen LogP contribution in [-0.2, 0) is 6.42 Å². The maximum Gasteiger partial charge on any atom is 0.00182 e. The third kappa shape index (κ3) is 6.23. The molecule has 1 aromatic carbocycles. The van der Waals surface area contributed by atoms with E-state index in [2.05, 4.69) is 50.3 Å². The van der Waals surface area contributed by atoms with Gasteiger partial charge in [-0.05, 0) is 67.4 Å². The maximum atomic E-state index is 2.60. The molecule has 2 aliphatic carbocycles. The molecule has 1 saturated carbocycles. The van der Waals surface area contributed by atoms with Crippen LogP contribution in [0, 0.1) is 17.8 Å². The fourth-order valence-corrected chi connectivity index (χ4v) is 5.42. The standard InChI is InChI=1S/C27H42/c1-3-5-7-9-23-12-16-25(17-13-23)27-20-18-26(19-21-27)24-14-10-22(11-15-24)8-6-4-2/h12-13,16-18,20,22,24,26-27H,3-11,14-15,19,21H2,1-2H3. The van der Waals surface area contributed by atoms with Crippen LogP contribution in [0.2, 0.25) is 0 Å². The maximum absolute atomic E-state index is 2.60. The molecule has 0 bridgehead atoms. The van der Waals surface area contributed by atoms with Crippen molar-refractivity contribution in [1.29, 1.82) is 0 Å². The summed E-state index contributed by atoms with van der Waals surface area (Å²) in [6.07, 6.45) is 23.4. The number of unbranched alkanes of at least 4 members (excludes halogenated alkanes) is 3. The fraction of sp³-hybridized carbons (Fsp3) is 0.704. The largest absolute Gasteiger partial charge is 0.0845 e. The molecule has 0 amide bonds. The number of allylic oxidation sites excluding steroid dienone is 2. The Balaban J connectivity index is 1.46. The lowest BCUT2D eigenvalue weighted by atomic mass is 9.70. The van der Waals surface area contributed by atoms with Gasteiger partial charge < -0.3 is 0 Å². The van der Waals surface area contributed by atoms with Gasteiger partial charge >= 0.3 is 0 Å². The van der Waals surface area contributed by atoms with Crippen molar-refractivity contribution >= 4 is 0 Å². The molecule has 0 aliphatic heterocycles. The van der Waals surface area contributed by atoms with E-state index in [9.17, 15) is 0 Å². The van der Waals surface area contributed by atoms with E-state index in [0.717, 1.165) is 17.8 Å². The van der Waals surface area contributed by atoms with E-state index in [1.807, 2.05) is 0 Å². The first-order valence-corrected chi connectivity index (χ1v) is 12.1. The third-order valence-corrected chi connectivity index (χ3v) is 7.34. The summed E-state index contributed by atoms with van der Waals surface area (Å²) in [4.78, 5) is 0. The molecular formula is C27H42. The molecule has 1 fully saturated rings. The summed E-state index contributed by atoms with van der Waals surface area (Å²) < 4.78 is 0. The van der Waals surface area contributed by atoms with Crippen LogP contribution in [0.5, 0.6) is 0 Å². The fourth-order valence-electron chi connectivity index (χ4n) is 5.42. The van der Waals surface area contributed by atoms with E-state index in [4.69, 9.17) is 0 Å². The van der Waals surface area contributed by atoms with Gasteiger partial charge in [-0.2, -0.15) is 0 Å². The van der Waals surface area contributed by atoms with Gasteiger partial charge in [0.15, 0.2) is 0 Å². The highest BCUT2D eigenvalue weighted by molar-refractivity contribution is 5.29. The van der Waals surface area contributed by atoms with Crippen LogP contribution in [0.4, 0.5) is 0 Å². The highest BCUT2D eigenvalue weighted by atomic mass is 14.3. The van der Waals surface area contributed by atoms with Gasteiger partial charge in [0.05, 0.1) is 0 Å². The van der Waals surface area contributed by atoms with Crippen molar-refractivity contribution in [3.8, 4) is 0 Å². The molecule has 0 aromatic heterocycles. The Morgan fingerprint density at radius 1 is 0.741 bits per heavy atom. The lowest BCUT2D eigenvalue weighted by molar-refractivity contribution is 0.207. The lowest BCUT2D eigenvalue weighted by Gasteiger charge is -2.35. The van der Waals surface area contributed by atoms with Crippen LogP contribution in [-0.4, -0.2) is 0 Å². The van der Waals surface area contributed by atoms with Gasteiger partial charge in [0, 0.05) is 5.92 Å². The van der Waals surface area contributed by atoms with Crippen molar-refractivity contribution in [2.75, 3.05) is 0 Å². The summed E-state index contributed by atoms with van der Waals surface area (Å²) in [5.74, 6) is 3.53. The van der Waals surface area contributed by atoms with Crippen LogP contribution in [0.15, 0.2) is 36.4 Å². The summed E-state index contributed by atoms with van der Waals surface area (Å²) in [6, 6.07) is 9.55. The number of aryl methyl sites for hydroxylation is 1. The highest BCUT2D eigenvalue weighted by Gasteiger charge is 2.28. The number of benzene rings is 1. The van der Waals surface area contributed by atoms with Crippen molar-refractivity contribution in [2.24, 2.45) is 17.8 Å². The van der Waals surface area contributed by atoms with E-state index in [-0.39, 0.29) is 0 Å². The summed E-state index contributed by atoms with van der Waals surface area (Å²) in [5, 5.41) is 0. The molecule has 0 nitrogen and oxygen atoms in total. The van der Waals surface area contributed by atoms with Crippen LogP contribution >= 0.6 is 0 Å². The molecule has 2 atom stereocenters. The van der Waals surface area contributed by atoms with E-state index < -0.39 is 0 Å². The second kappa shape index (κ2) is 11.1. The molecule has 1 aromatic rings. The second-order valence-corrected chi connectivity index (χ2v) is 9.35. The Hall–Kier alpha value is -1.04. The van der Waals surface area contributed by atoms with Crippen molar-refractivity contribution in [3.63, 3.8) is 0 Å². The summed E-state index contributed by atoms with van der Waals surface area (Å²) in [5.41, 5.74) is 3.05. The Morgan fingerprint density at radius 3 is 2.11 bits per heavy atom. The lowest BCUT2D eigenvalue weighted by Crippen LogP contribution is -2.23. The Morgan fingerprint density at radius 2 is 1.48 bits per heavy atom. The average Bonchev–Trinajstić information content (AvgIpc) is 2.73. The zero-order valence-corrected chi connectivity index (χ0v) is 18.0. The van der Waals surface area contributed by atoms with Crippen LogP contribution in [0.25, 0.3) is 0 Å². The van der Waals surface area contributed by atoms with Crippen molar-refractivity contribution in [3.05, 3.63) is 47.5 Å². The molecule has 2 unspecified atom stereocenters. The average molecular weight is 367 g/mol. The molecule has 0 heteroatoms. The summed E-state index contributed by atoms with van der Waals surface area (Å²) in [6.45, 7) is 4.61. The van der Waals surface area contributed by atoms with Gasteiger partial charge in [-0.1, -0.05) is 95.2 Å². The molecule has 0 heterocycles. The van der Waals surface area contributed by atoms with E-state index >= 15 is 0 Å². The van der Waals surface area contributed by atoms with E-state index in [0.29, 0.717) is 5.92 Å². The molecule has 27 heavy (non-hydrogen) atoms. The Kier molecular flexibility index (Phi) is 8.49. The minimum absolute atomic E-state index is 0.659. The summed E-state index contributed by atoms with van der Waals surface area (Å²) >= 11 is 0. The SMILES string of the molecule is CCCCCc1ccc(C2C=CC(C3CCC(CCCC)CC3)CC2)cc1. The zero-order chi connectivity index (χ0) is 18.9. The third-order valence-electron chi connectivity index (χ3n) is 7.34. The van der Waals surface area contributed by atoms with Gasteiger partial charge in [0.1, 0.15) is 0 Å². The van der Waals surface area contributed by atoms with Crippen molar-refractivity contribution < 1.29 is 0 Å². The van der Waals surface area contributed by atoms with E-state index in [1.165, 1.54) is 94.6 Å². The first-order chi connectivity index (χ1) is 13.3. The Labute approximate surface area is 168 Å². The van der Waals surface area contributed by atoms with Crippen LogP contribution < -0.4 is 0 Å². The minimum atomic E-state index is 0.659. The van der Waals surface area contributed by atoms with Crippen LogP contribution in [0.1, 0.15) is 108 Å². The first kappa shape index (κ1) is 20.7. The smallest absolute Gasteiger partial charge is 0.00182 e. The Bertz CT molecular complexity index is 544. The topological polar surface area (TPSA) is 0 Å². The van der Waals surface area contributed by atoms with Gasteiger partial charge in [-0.3, -0.25) is 0 Å². The van der Waals surface area contributed by atoms with Gasteiger partial charge in [-0.25, -0.2) is 0 Å². The molecule has 2 aliphatic rings. The molecule has 3 rings (SSSR count). The van der Waals surface area contributed by atoms with Gasteiger partial charge in [-0.15, -0.1) is 0 Å². The zero-order valence-electron chi connectivity index (χ0n) is 18.0. The number of hydrogen-bond acceptors (Lipinski definition) is 0. The predicted molar refractivity (Wildman–Crippen MR) is 119 cm³/mol. The van der Waals surface area contributed by atoms with Crippen molar-refractivity contribution in [2.45, 2.75) is 103 Å². The number of hydrogen-bond donors (Lipinski definition) is 0. The van der Waals surface area contributed by atoms with Crippen molar-refractivity contribution in [1.82, 2.24) is 0 Å². The van der Waals surface area contributed by atoms with Crippen LogP contribution in [0.3, 0.4) is 0 Å². The minimum Gasteiger partial charge on any atom is -0.0845 e. The first-order valence-electron chi connectivity index (χ1n) is 12.1. The predicted octanol–water partition coefficient (Wildman–Crippen LogP) is 8.47. The second-order valence-electron chi connectivity index (χ2n) is 9.35. The van der Waals surface area contributed by atoms with Gasteiger partial charge in [0.25, 0.3) is 0 Å². The normalized spacial score (nSPS) is 28.4. The van der Waals surface area contributed by atoms with Gasteiger partial charge in [0.2, 0.25) is 0 Å². The number of rotatable bonds is 9. The van der Waals surface area contributed by atoms with E-state index in [1.54, 1.807) is 0 Å². The molecule has 0 N–H and O–H groups in total. The molecule has 0 spiro atoms. The molecule has 150 valence electrons. The molecule has 0 saturated heterocycles. The molecule has 0 radical (unpaired) electrons.